The summed E-state index contributed by atoms with van der Waals surface area (Å²) in [6.07, 6.45) is -18.8. The van der Waals surface area contributed by atoms with Gasteiger partial charge in [0.25, 0.3) is 0 Å². The van der Waals surface area contributed by atoms with Crippen LogP contribution >= 0.6 is 11.6 Å². The molecular weight excluding hydrogens is 591 g/mol. The van der Waals surface area contributed by atoms with Gasteiger partial charge in [-0.2, -0.15) is 48.3 Å². The molecule has 0 heterocycles. The molecule has 0 aliphatic heterocycles. The Bertz CT molecular complexity index is 1320. The minimum absolute atomic E-state index is 0.126. The summed E-state index contributed by atoms with van der Waals surface area (Å²) in [5, 5.41) is 9.03. The number of hydrogen-bond donors (Lipinski definition) is 1. The molecule has 15 heteroatoms. The summed E-state index contributed by atoms with van der Waals surface area (Å²) in [6, 6.07) is 10.3. The van der Waals surface area contributed by atoms with Crippen LogP contribution in [0.5, 0.6) is 11.5 Å². The van der Waals surface area contributed by atoms with Crippen LogP contribution in [0.3, 0.4) is 0 Å². The Morgan fingerprint density at radius 1 is 0.775 bits per heavy atom. The number of ether oxygens (including phenoxy) is 1. The van der Waals surface area contributed by atoms with Crippen molar-refractivity contribution in [2.75, 3.05) is 11.4 Å². The van der Waals surface area contributed by atoms with Crippen LogP contribution in [0.2, 0.25) is 5.02 Å². The van der Waals surface area contributed by atoms with E-state index in [1.807, 2.05) is 0 Å². The van der Waals surface area contributed by atoms with Gasteiger partial charge in [-0.15, -0.1) is 0 Å². The smallest absolute Gasteiger partial charge is 0.457 e. The van der Waals surface area contributed by atoms with Gasteiger partial charge in [0.15, 0.2) is 6.10 Å². The van der Waals surface area contributed by atoms with Crippen molar-refractivity contribution in [3.8, 4) is 11.5 Å². The second-order valence-corrected chi connectivity index (χ2v) is 8.86. The van der Waals surface area contributed by atoms with Crippen LogP contribution in [-0.2, 0) is 18.6 Å². The number of aliphatic hydroxyl groups excluding tert-OH is 1. The molecule has 3 nitrogen and oxygen atoms in total. The van der Waals surface area contributed by atoms with E-state index in [1.54, 1.807) is 0 Å². The molecule has 1 atom stereocenters. The molecule has 0 aliphatic rings. The number of hydrogen-bond acceptors (Lipinski definition) is 3. The van der Waals surface area contributed by atoms with Gasteiger partial charge < -0.3 is 14.7 Å². The third kappa shape index (κ3) is 7.47. The molecule has 0 spiro atoms. The van der Waals surface area contributed by atoms with Gasteiger partial charge in [0.2, 0.25) is 0 Å². The summed E-state index contributed by atoms with van der Waals surface area (Å²) in [7, 11) is 0. The van der Waals surface area contributed by atoms with Crippen molar-refractivity contribution >= 4 is 17.3 Å². The minimum atomic E-state index is -5.93. The Labute approximate surface area is 224 Å². The van der Waals surface area contributed by atoms with Crippen molar-refractivity contribution in [3.05, 3.63) is 88.4 Å². The van der Waals surface area contributed by atoms with E-state index in [9.17, 15) is 53.4 Å². The van der Waals surface area contributed by atoms with Crippen LogP contribution in [0.4, 0.5) is 54.0 Å². The fraction of sp³-hybridized carbons (Fsp3) is 0.280. The molecule has 40 heavy (non-hydrogen) atoms. The van der Waals surface area contributed by atoms with Gasteiger partial charge in [-0.05, 0) is 42.0 Å². The predicted octanol–water partition coefficient (Wildman–Crippen LogP) is 8.74. The number of halogens is 12. The van der Waals surface area contributed by atoms with E-state index in [0.29, 0.717) is 18.2 Å². The summed E-state index contributed by atoms with van der Waals surface area (Å²) >= 11 is 5.57. The average molecular weight is 608 g/mol. The maximum absolute atomic E-state index is 13.8. The highest BCUT2D eigenvalue weighted by atomic mass is 35.5. The van der Waals surface area contributed by atoms with Gasteiger partial charge in [-0.1, -0.05) is 35.9 Å². The number of alkyl halides is 11. The van der Waals surface area contributed by atoms with Gasteiger partial charge in [-0.3, -0.25) is 0 Å². The largest absolute Gasteiger partial charge is 0.458 e. The summed E-state index contributed by atoms with van der Waals surface area (Å²) < 4.78 is 150. The molecule has 0 radical (unpaired) electrons. The van der Waals surface area contributed by atoms with Gasteiger partial charge in [0.05, 0.1) is 17.1 Å². The fourth-order valence-electron chi connectivity index (χ4n) is 3.49. The Hall–Kier alpha value is -3.26. The Balaban J connectivity index is 1.96. The molecule has 3 aromatic rings. The third-order valence-corrected chi connectivity index (χ3v) is 5.78. The molecule has 0 saturated heterocycles. The maximum Gasteiger partial charge on any atom is 0.458 e. The van der Waals surface area contributed by atoms with Crippen molar-refractivity contribution in [3.63, 3.8) is 0 Å². The lowest BCUT2D eigenvalue weighted by atomic mass is 10.0. The summed E-state index contributed by atoms with van der Waals surface area (Å²) in [5.74, 6) is -5.75. The van der Waals surface area contributed by atoms with Crippen molar-refractivity contribution in [2.45, 2.75) is 37.1 Å². The zero-order valence-electron chi connectivity index (χ0n) is 19.7. The van der Waals surface area contributed by atoms with E-state index in [1.165, 1.54) is 18.2 Å². The molecular formula is C25H17ClF11NO2. The molecule has 3 aromatic carbocycles. The van der Waals surface area contributed by atoms with Gasteiger partial charge in [0, 0.05) is 23.9 Å². The van der Waals surface area contributed by atoms with Crippen molar-refractivity contribution in [1.82, 2.24) is 0 Å². The molecule has 3 rings (SSSR count). The van der Waals surface area contributed by atoms with Crippen LogP contribution in [-0.4, -0.2) is 30.1 Å². The number of rotatable bonds is 8. The van der Waals surface area contributed by atoms with Crippen molar-refractivity contribution in [2.24, 2.45) is 0 Å². The Morgan fingerprint density at radius 3 is 2.00 bits per heavy atom. The second kappa shape index (κ2) is 11.3. The molecule has 1 N–H and O–H groups in total. The monoisotopic (exact) mass is 607 g/mol. The highest BCUT2D eigenvalue weighted by Crippen LogP contribution is 2.44. The van der Waals surface area contributed by atoms with E-state index in [4.69, 9.17) is 16.3 Å². The normalized spacial score (nSPS) is 13.7. The number of aliphatic hydroxyl groups is 1. The van der Waals surface area contributed by atoms with Crippen LogP contribution in [0, 0.1) is 0 Å². The van der Waals surface area contributed by atoms with E-state index >= 15 is 0 Å². The lowest BCUT2D eigenvalue weighted by Gasteiger charge is -2.29. The van der Waals surface area contributed by atoms with E-state index in [-0.39, 0.29) is 22.7 Å². The first-order valence-electron chi connectivity index (χ1n) is 11.0. The standard InChI is InChI=1S/C25H17ClF11NO2/c26-20-8-7-18(11-19(20)23(29,30)31)40-17-6-2-5-16(10-17)38(13-21(39)24(32,33)34)12-14-3-1-4-15(9-14)22(27,28)25(35,36)37/h1-11,21,39H,12-13H2. The molecule has 0 bridgehead atoms. The molecule has 0 amide bonds. The van der Waals surface area contributed by atoms with Crippen LogP contribution < -0.4 is 9.64 Å². The maximum atomic E-state index is 13.8. The Morgan fingerprint density at radius 2 is 1.40 bits per heavy atom. The average Bonchev–Trinajstić information content (AvgIpc) is 2.83. The second-order valence-electron chi connectivity index (χ2n) is 8.45. The fourth-order valence-corrected chi connectivity index (χ4v) is 3.71. The zero-order chi connectivity index (χ0) is 30.1. The molecule has 0 fully saturated rings. The minimum Gasteiger partial charge on any atom is -0.457 e. The highest BCUT2D eigenvalue weighted by molar-refractivity contribution is 6.31. The predicted molar refractivity (Wildman–Crippen MR) is 122 cm³/mol. The van der Waals surface area contributed by atoms with E-state index in [0.717, 1.165) is 35.2 Å². The SMILES string of the molecule is OC(CN(Cc1cccc(C(F)(F)C(F)(F)F)c1)c1cccc(Oc2ccc(Cl)c(C(F)(F)F)c2)c1)C(F)(F)F. The molecule has 1 unspecified atom stereocenters. The van der Waals surface area contributed by atoms with Gasteiger partial charge >= 0.3 is 24.5 Å². The van der Waals surface area contributed by atoms with Crippen molar-refractivity contribution < 1.29 is 58.1 Å². The van der Waals surface area contributed by atoms with Crippen LogP contribution in [0.1, 0.15) is 16.7 Å². The zero-order valence-corrected chi connectivity index (χ0v) is 20.4. The third-order valence-electron chi connectivity index (χ3n) is 5.45. The first-order chi connectivity index (χ1) is 18.3. The molecule has 0 aliphatic carbocycles. The number of nitrogens with zero attached hydrogens (tertiary/aromatic N) is 1. The molecule has 0 saturated carbocycles. The first kappa shape index (κ1) is 31.3. The first-order valence-corrected chi connectivity index (χ1v) is 11.3. The van der Waals surface area contributed by atoms with Crippen molar-refractivity contribution in [1.29, 1.82) is 0 Å². The highest BCUT2D eigenvalue weighted by Gasteiger charge is 2.58. The van der Waals surface area contributed by atoms with Gasteiger partial charge in [0.1, 0.15) is 11.5 Å². The van der Waals surface area contributed by atoms with E-state index in [2.05, 4.69) is 0 Å². The van der Waals surface area contributed by atoms with Crippen LogP contribution in [0.25, 0.3) is 0 Å². The number of anilines is 1. The summed E-state index contributed by atoms with van der Waals surface area (Å²) in [6.45, 7) is -1.84. The topological polar surface area (TPSA) is 32.7 Å². The molecule has 218 valence electrons. The van der Waals surface area contributed by atoms with Gasteiger partial charge in [-0.25, -0.2) is 0 Å². The summed E-state index contributed by atoms with van der Waals surface area (Å²) in [5.41, 5.74) is -3.05. The Kier molecular flexibility index (Phi) is 8.85. The van der Waals surface area contributed by atoms with Crippen LogP contribution in [0.15, 0.2) is 66.7 Å². The van der Waals surface area contributed by atoms with E-state index < -0.39 is 59.8 Å². The lowest BCUT2D eigenvalue weighted by Crippen LogP contribution is -2.41. The molecule has 0 aromatic heterocycles. The lowest BCUT2D eigenvalue weighted by molar-refractivity contribution is -0.289. The summed E-state index contributed by atoms with van der Waals surface area (Å²) in [4.78, 5) is 0.832. The number of benzene rings is 3. The quantitative estimate of drug-likeness (QED) is 0.260.